The van der Waals surface area contributed by atoms with Gasteiger partial charge in [0.1, 0.15) is 0 Å². The molecule has 6 heteroatoms. The van der Waals surface area contributed by atoms with Gasteiger partial charge in [-0.25, -0.2) is 4.79 Å². The average molecular weight is 370 g/mol. The van der Waals surface area contributed by atoms with Crippen LogP contribution in [0.3, 0.4) is 0 Å². The standard InChI is InChI=1S/C16H20BrNO4/c17-14-7-3-12(4-8-14)9-11-1-5-13(6-2-11)15(19)22-10-18-16(20)21/h3-4,7-8,11,13,18H,1-2,5-6,9-10H2,(H,20,21). The molecule has 0 aliphatic heterocycles. The molecule has 0 saturated heterocycles. The summed E-state index contributed by atoms with van der Waals surface area (Å²) in [5.41, 5.74) is 1.32. The van der Waals surface area contributed by atoms with E-state index in [0.29, 0.717) is 5.92 Å². The fraction of sp³-hybridized carbons (Fsp3) is 0.500. The Morgan fingerprint density at radius 2 is 1.82 bits per heavy atom. The van der Waals surface area contributed by atoms with E-state index in [-0.39, 0.29) is 18.6 Å². The second-order valence-electron chi connectivity index (χ2n) is 5.64. The highest BCUT2D eigenvalue weighted by Gasteiger charge is 2.27. The molecule has 1 aliphatic rings. The van der Waals surface area contributed by atoms with Crippen molar-refractivity contribution in [1.29, 1.82) is 0 Å². The van der Waals surface area contributed by atoms with Crippen molar-refractivity contribution in [3.8, 4) is 0 Å². The van der Waals surface area contributed by atoms with Gasteiger partial charge >= 0.3 is 12.1 Å². The van der Waals surface area contributed by atoms with Gasteiger partial charge in [-0.2, -0.15) is 0 Å². The minimum atomic E-state index is -1.19. The molecule has 0 heterocycles. The van der Waals surface area contributed by atoms with Crippen LogP contribution in [0.5, 0.6) is 0 Å². The van der Waals surface area contributed by atoms with E-state index >= 15 is 0 Å². The van der Waals surface area contributed by atoms with Crippen molar-refractivity contribution in [3.63, 3.8) is 0 Å². The number of benzene rings is 1. The van der Waals surface area contributed by atoms with Crippen LogP contribution in [0.2, 0.25) is 0 Å². The molecule has 1 amide bonds. The monoisotopic (exact) mass is 369 g/mol. The molecule has 2 N–H and O–H groups in total. The highest BCUT2D eigenvalue weighted by molar-refractivity contribution is 9.10. The van der Waals surface area contributed by atoms with Crippen molar-refractivity contribution < 1.29 is 19.4 Å². The molecule has 2 rings (SSSR count). The second kappa shape index (κ2) is 8.17. The smallest absolute Gasteiger partial charge is 0.407 e. The first kappa shape index (κ1) is 16.8. The van der Waals surface area contributed by atoms with E-state index in [1.54, 1.807) is 0 Å². The molecule has 0 radical (unpaired) electrons. The van der Waals surface area contributed by atoms with Crippen molar-refractivity contribution in [3.05, 3.63) is 34.3 Å². The first-order valence-electron chi connectivity index (χ1n) is 7.42. The summed E-state index contributed by atoms with van der Waals surface area (Å²) >= 11 is 3.43. The van der Waals surface area contributed by atoms with E-state index in [1.165, 1.54) is 5.56 Å². The molecule has 0 bridgehead atoms. The van der Waals surface area contributed by atoms with Gasteiger partial charge in [0.05, 0.1) is 5.92 Å². The number of carbonyl (C=O) groups excluding carboxylic acids is 1. The van der Waals surface area contributed by atoms with Crippen LogP contribution in [-0.2, 0) is 16.0 Å². The van der Waals surface area contributed by atoms with Gasteiger partial charge in [-0.15, -0.1) is 0 Å². The molecule has 1 saturated carbocycles. The Labute approximate surface area is 138 Å². The molecule has 0 unspecified atom stereocenters. The number of nitrogens with one attached hydrogen (secondary N) is 1. The third-order valence-corrected chi connectivity index (χ3v) is 4.58. The first-order chi connectivity index (χ1) is 10.5. The van der Waals surface area contributed by atoms with Crippen molar-refractivity contribution in [2.45, 2.75) is 32.1 Å². The number of carbonyl (C=O) groups is 2. The fourth-order valence-corrected chi connectivity index (χ4v) is 3.11. The Morgan fingerprint density at radius 1 is 1.18 bits per heavy atom. The largest absolute Gasteiger partial charge is 0.465 e. The predicted molar refractivity (Wildman–Crippen MR) is 85.4 cm³/mol. The van der Waals surface area contributed by atoms with Gasteiger partial charge in [0, 0.05) is 4.47 Å². The normalized spacial score (nSPS) is 21.1. The average Bonchev–Trinajstić information content (AvgIpc) is 2.50. The van der Waals surface area contributed by atoms with Crippen LogP contribution in [0.15, 0.2) is 28.7 Å². The quantitative estimate of drug-likeness (QED) is 0.614. The maximum atomic E-state index is 11.8. The Morgan fingerprint density at radius 3 is 2.41 bits per heavy atom. The van der Waals surface area contributed by atoms with Crippen LogP contribution >= 0.6 is 15.9 Å². The summed E-state index contributed by atoms with van der Waals surface area (Å²) in [6.45, 7) is -0.271. The van der Waals surface area contributed by atoms with Crippen molar-refractivity contribution in [2.24, 2.45) is 11.8 Å². The van der Waals surface area contributed by atoms with Crippen LogP contribution < -0.4 is 5.32 Å². The number of rotatable bonds is 5. The minimum Gasteiger partial charge on any atom is -0.465 e. The summed E-state index contributed by atoms with van der Waals surface area (Å²) in [5.74, 6) is 0.204. The second-order valence-corrected chi connectivity index (χ2v) is 6.55. The van der Waals surface area contributed by atoms with Crippen LogP contribution in [-0.4, -0.2) is 23.9 Å². The molecule has 1 fully saturated rings. The van der Waals surface area contributed by atoms with Crippen molar-refractivity contribution >= 4 is 28.0 Å². The molecule has 0 spiro atoms. The molecule has 120 valence electrons. The van der Waals surface area contributed by atoms with Crippen LogP contribution in [0, 0.1) is 11.8 Å². The lowest BCUT2D eigenvalue weighted by Gasteiger charge is -2.27. The van der Waals surface area contributed by atoms with Gasteiger partial charge in [-0.05, 0) is 55.7 Å². The number of esters is 1. The summed E-state index contributed by atoms with van der Waals surface area (Å²) in [6.07, 6.45) is 3.48. The topological polar surface area (TPSA) is 75.6 Å². The molecule has 0 atom stereocenters. The SMILES string of the molecule is O=C(O)NCOC(=O)C1CCC(Cc2ccc(Br)cc2)CC1. The summed E-state index contributed by atoms with van der Waals surface area (Å²) in [5, 5.41) is 10.5. The summed E-state index contributed by atoms with van der Waals surface area (Å²) in [4.78, 5) is 22.1. The number of halogens is 1. The van der Waals surface area contributed by atoms with E-state index in [0.717, 1.165) is 36.6 Å². The van der Waals surface area contributed by atoms with E-state index in [9.17, 15) is 9.59 Å². The number of hydrogen-bond acceptors (Lipinski definition) is 3. The Bertz CT molecular complexity index is 509. The van der Waals surface area contributed by atoms with Crippen molar-refractivity contribution in [1.82, 2.24) is 5.32 Å². The Hall–Kier alpha value is -1.56. The molecular weight excluding hydrogens is 350 g/mol. The third kappa shape index (κ3) is 5.33. The van der Waals surface area contributed by atoms with Gasteiger partial charge < -0.3 is 9.84 Å². The van der Waals surface area contributed by atoms with Gasteiger partial charge in [0.25, 0.3) is 0 Å². The summed E-state index contributed by atoms with van der Waals surface area (Å²) in [7, 11) is 0. The maximum absolute atomic E-state index is 11.8. The van der Waals surface area contributed by atoms with Gasteiger partial charge in [-0.3, -0.25) is 10.1 Å². The third-order valence-electron chi connectivity index (χ3n) is 4.06. The molecule has 22 heavy (non-hydrogen) atoms. The summed E-state index contributed by atoms with van der Waals surface area (Å²) < 4.78 is 6.00. The van der Waals surface area contributed by atoms with E-state index in [4.69, 9.17) is 9.84 Å². The van der Waals surface area contributed by atoms with Gasteiger partial charge in [0.15, 0.2) is 6.73 Å². The molecule has 5 nitrogen and oxygen atoms in total. The summed E-state index contributed by atoms with van der Waals surface area (Å²) in [6, 6.07) is 8.35. The highest BCUT2D eigenvalue weighted by atomic mass is 79.9. The number of carboxylic acid groups (broad SMARTS) is 1. The molecule has 1 aromatic carbocycles. The number of ether oxygens (including phenoxy) is 1. The zero-order chi connectivity index (χ0) is 15.9. The van der Waals surface area contributed by atoms with E-state index < -0.39 is 6.09 Å². The van der Waals surface area contributed by atoms with Crippen LogP contribution in [0.4, 0.5) is 4.79 Å². The molecule has 1 aliphatic carbocycles. The van der Waals surface area contributed by atoms with Gasteiger partial charge in [0.2, 0.25) is 0 Å². The van der Waals surface area contributed by atoms with E-state index in [1.807, 2.05) is 17.4 Å². The molecule has 1 aromatic rings. The van der Waals surface area contributed by atoms with Crippen molar-refractivity contribution in [2.75, 3.05) is 6.73 Å². The number of amides is 1. The zero-order valence-electron chi connectivity index (χ0n) is 12.3. The lowest BCUT2D eigenvalue weighted by Crippen LogP contribution is -2.30. The predicted octanol–water partition coefficient (Wildman–Crippen LogP) is 3.57. The highest BCUT2D eigenvalue weighted by Crippen LogP contribution is 2.31. The molecule has 0 aromatic heterocycles. The maximum Gasteiger partial charge on any atom is 0.407 e. The fourth-order valence-electron chi connectivity index (χ4n) is 2.84. The van der Waals surface area contributed by atoms with Crippen LogP contribution in [0.1, 0.15) is 31.2 Å². The Balaban J connectivity index is 1.72. The van der Waals surface area contributed by atoms with Gasteiger partial charge in [-0.1, -0.05) is 28.1 Å². The first-order valence-corrected chi connectivity index (χ1v) is 8.22. The minimum absolute atomic E-state index is 0.100. The zero-order valence-corrected chi connectivity index (χ0v) is 13.8. The Kier molecular flexibility index (Phi) is 6.24. The molecular formula is C16H20BrNO4. The number of hydrogen-bond donors (Lipinski definition) is 2. The van der Waals surface area contributed by atoms with Crippen LogP contribution in [0.25, 0.3) is 0 Å². The lowest BCUT2D eigenvalue weighted by molar-refractivity contribution is -0.150. The van der Waals surface area contributed by atoms with E-state index in [2.05, 4.69) is 28.1 Å². The lowest BCUT2D eigenvalue weighted by atomic mass is 9.79.